The van der Waals surface area contributed by atoms with Crippen LogP contribution in [-0.4, -0.2) is 18.5 Å². The molecule has 1 amide bonds. The molecule has 1 aliphatic carbocycles. The average molecular weight is 268 g/mol. The van der Waals surface area contributed by atoms with Gasteiger partial charge in [-0.1, -0.05) is 45.4 Å². The molecule has 0 aliphatic heterocycles. The molecule has 0 aromatic rings. The van der Waals surface area contributed by atoms with Crippen LogP contribution >= 0.6 is 0 Å². The number of hydrogen-bond donors (Lipinski definition) is 2. The fraction of sp³-hybridized carbons (Fsp3) is 0.938. The summed E-state index contributed by atoms with van der Waals surface area (Å²) in [6.45, 7) is 5.01. The van der Waals surface area contributed by atoms with Gasteiger partial charge in [-0.3, -0.25) is 4.79 Å². The van der Waals surface area contributed by atoms with Crippen LogP contribution in [0.15, 0.2) is 0 Å². The number of hydrogen-bond acceptors (Lipinski definition) is 2. The van der Waals surface area contributed by atoms with E-state index in [1.165, 1.54) is 38.5 Å². The fourth-order valence-corrected chi connectivity index (χ4v) is 3.13. The molecule has 0 spiro atoms. The third kappa shape index (κ3) is 5.94. The normalized spacial score (nSPS) is 25.0. The highest BCUT2D eigenvalue weighted by Gasteiger charge is 2.30. The second-order valence-electron chi connectivity index (χ2n) is 6.15. The van der Waals surface area contributed by atoms with Crippen molar-refractivity contribution < 1.29 is 4.79 Å². The zero-order valence-corrected chi connectivity index (χ0v) is 12.8. The van der Waals surface area contributed by atoms with Gasteiger partial charge in [0.25, 0.3) is 0 Å². The van der Waals surface area contributed by atoms with Crippen molar-refractivity contribution in [1.29, 1.82) is 0 Å². The van der Waals surface area contributed by atoms with Crippen molar-refractivity contribution in [3.05, 3.63) is 0 Å². The van der Waals surface area contributed by atoms with E-state index in [4.69, 9.17) is 5.73 Å². The summed E-state index contributed by atoms with van der Waals surface area (Å²) in [5.41, 5.74) is 5.80. The lowest BCUT2D eigenvalue weighted by molar-refractivity contribution is -0.128. The summed E-state index contributed by atoms with van der Waals surface area (Å²) in [6, 6.07) is 0.310. The first-order valence-corrected chi connectivity index (χ1v) is 8.19. The first kappa shape index (κ1) is 16.5. The van der Waals surface area contributed by atoms with Crippen molar-refractivity contribution in [2.75, 3.05) is 6.54 Å². The summed E-state index contributed by atoms with van der Waals surface area (Å²) < 4.78 is 0. The Bertz CT molecular complexity index is 255. The third-order valence-corrected chi connectivity index (χ3v) is 4.43. The summed E-state index contributed by atoms with van der Waals surface area (Å²) in [5, 5.41) is 3.20. The molecular weight excluding hydrogens is 236 g/mol. The Balaban J connectivity index is 2.28. The van der Waals surface area contributed by atoms with Crippen LogP contribution in [0.2, 0.25) is 0 Å². The first-order valence-electron chi connectivity index (χ1n) is 8.19. The Labute approximate surface area is 118 Å². The summed E-state index contributed by atoms with van der Waals surface area (Å²) >= 11 is 0. The van der Waals surface area contributed by atoms with Crippen LogP contribution in [0.4, 0.5) is 0 Å². The Hall–Kier alpha value is -0.570. The summed E-state index contributed by atoms with van der Waals surface area (Å²) in [7, 11) is 0. The van der Waals surface area contributed by atoms with Gasteiger partial charge in [0.1, 0.15) is 0 Å². The van der Waals surface area contributed by atoms with Gasteiger partial charge in [0.05, 0.1) is 0 Å². The van der Waals surface area contributed by atoms with Crippen LogP contribution in [0.3, 0.4) is 0 Å². The Kier molecular flexibility index (Phi) is 8.11. The summed E-state index contributed by atoms with van der Waals surface area (Å²) in [4.78, 5) is 12.3. The highest BCUT2D eigenvalue weighted by Crippen LogP contribution is 2.29. The van der Waals surface area contributed by atoms with Crippen LogP contribution in [0.1, 0.15) is 71.6 Å². The number of unbranched alkanes of at least 4 members (excludes halogenated alkanes) is 3. The van der Waals surface area contributed by atoms with Crippen molar-refractivity contribution in [3.8, 4) is 0 Å². The van der Waals surface area contributed by atoms with Crippen LogP contribution in [0.5, 0.6) is 0 Å². The summed E-state index contributed by atoms with van der Waals surface area (Å²) in [5.74, 6) is 0.816. The summed E-state index contributed by atoms with van der Waals surface area (Å²) in [6.07, 6.45) is 10.7. The molecule has 3 unspecified atom stereocenters. The van der Waals surface area contributed by atoms with E-state index < -0.39 is 0 Å². The smallest absolute Gasteiger partial charge is 0.223 e. The van der Waals surface area contributed by atoms with Gasteiger partial charge in [0.2, 0.25) is 5.91 Å². The largest absolute Gasteiger partial charge is 0.353 e. The lowest BCUT2D eigenvalue weighted by Gasteiger charge is -2.30. The van der Waals surface area contributed by atoms with E-state index in [1.54, 1.807) is 0 Å². The van der Waals surface area contributed by atoms with Gasteiger partial charge in [0, 0.05) is 12.0 Å². The zero-order chi connectivity index (χ0) is 14.1. The molecule has 3 N–H and O–H groups in total. The monoisotopic (exact) mass is 268 g/mol. The minimum Gasteiger partial charge on any atom is -0.353 e. The van der Waals surface area contributed by atoms with Gasteiger partial charge in [-0.2, -0.15) is 0 Å². The number of amides is 1. The van der Waals surface area contributed by atoms with E-state index in [9.17, 15) is 4.79 Å². The lowest BCUT2D eigenvalue weighted by atomic mass is 9.78. The van der Waals surface area contributed by atoms with Crippen molar-refractivity contribution in [2.24, 2.45) is 17.6 Å². The van der Waals surface area contributed by atoms with Gasteiger partial charge >= 0.3 is 0 Å². The molecule has 0 saturated heterocycles. The van der Waals surface area contributed by atoms with E-state index in [1.807, 2.05) is 0 Å². The second kappa shape index (κ2) is 9.35. The molecule has 0 aromatic carbocycles. The maximum atomic E-state index is 12.3. The van der Waals surface area contributed by atoms with Crippen LogP contribution in [0.25, 0.3) is 0 Å². The molecule has 3 heteroatoms. The van der Waals surface area contributed by atoms with E-state index in [0.717, 1.165) is 19.3 Å². The van der Waals surface area contributed by atoms with Gasteiger partial charge in [0.15, 0.2) is 0 Å². The lowest BCUT2D eigenvalue weighted by Crippen LogP contribution is -2.42. The molecule has 0 aromatic heterocycles. The van der Waals surface area contributed by atoms with Gasteiger partial charge in [-0.05, 0) is 38.6 Å². The molecule has 0 bridgehead atoms. The zero-order valence-electron chi connectivity index (χ0n) is 12.8. The highest BCUT2D eigenvalue weighted by atomic mass is 16.1. The molecular formula is C16H32N2O. The third-order valence-electron chi connectivity index (χ3n) is 4.43. The van der Waals surface area contributed by atoms with E-state index in [2.05, 4.69) is 19.2 Å². The first-order chi connectivity index (χ1) is 9.19. The average Bonchev–Trinajstić information content (AvgIpc) is 2.43. The number of carbonyl (C=O) groups is 1. The standard InChI is InChI=1S/C16H32N2O/c1-3-4-5-6-9-13(2)18-16(19)15-11-8-7-10-14(15)12-17/h13-15H,3-12,17H2,1-2H3,(H,18,19). The highest BCUT2D eigenvalue weighted by molar-refractivity contribution is 5.79. The molecule has 0 radical (unpaired) electrons. The topological polar surface area (TPSA) is 55.1 Å². The maximum absolute atomic E-state index is 12.3. The molecule has 1 rings (SSSR count). The van der Waals surface area contributed by atoms with Crippen LogP contribution < -0.4 is 11.1 Å². The van der Waals surface area contributed by atoms with Crippen molar-refractivity contribution in [2.45, 2.75) is 77.7 Å². The maximum Gasteiger partial charge on any atom is 0.223 e. The molecule has 1 aliphatic rings. The molecule has 3 atom stereocenters. The predicted octanol–water partition coefficient (Wildman–Crippen LogP) is 3.23. The molecule has 3 nitrogen and oxygen atoms in total. The van der Waals surface area contributed by atoms with Gasteiger partial charge in [-0.25, -0.2) is 0 Å². The van der Waals surface area contributed by atoms with Crippen LogP contribution in [0, 0.1) is 11.8 Å². The molecule has 0 heterocycles. The Morgan fingerprint density at radius 3 is 2.68 bits per heavy atom. The molecule has 1 saturated carbocycles. The van der Waals surface area contributed by atoms with Crippen molar-refractivity contribution in [1.82, 2.24) is 5.32 Å². The molecule has 112 valence electrons. The second-order valence-corrected chi connectivity index (χ2v) is 6.15. The van der Waals surface area contributed by atoms with E-state index in [-0.39, 0.29) is 11.8 Å². The quantitative estimate of drug-likeness (QED) is 0.664. The minimum absolute atomic E-state index is 0.164. The number of rotatable bonds is 8. The molecule has 1 fully saturated rings. The van der Waals surface area contributed by atoms with Gasteiger partial charge in [-0.15, -0.1) is 0 Å². The van der Waals surface area contributed by atoms with Crippen molar-refractivity contribution >= 4 is 5.91 Å². The molecule has 19 heavy (non-hydrogen) atoms. The van der Waals surface area contributed by atoms with E-state index >= 15 is 0 Å². The van der Waals surface area contributed by atoms with E-state index in [0.29, 0.717) is 18.5 Å². The number of nitrogens with one attached hydrogen (secondary N) is 1. The van der Waals surface area contributed by atoms with Crippen LogP contribution in [-0.2, 0) is 4.79 Å². The fourth-order valence-electron chi connectivity index (χ4n) is 3.13. The predicted molar refractivity (Wildman–Crippen MR) is 80.9 cm³/mol. The number of carbonyl (C=O) groups excluding carboxylic acids is 1. The SMILES string of the molecule is CCCCCCC(C)NC(=O)C1CCCCC1CN. The Morgan fingerprint density at radius 2 is 2.00 bits per heavy atom. The Morgan fingerprint density at radius 1 is 1.26 bits per heavy atom. The van der Waals surface area contributed by atoms with Crippen molar-refractivity contribution in [3.63, 3.8) is 0 Å². The minimum atomic E-state index is 0.164. The number of nitrogens with two attached hydrogens (primary N) is 1. The van der Waals surface area contributed by atoms with Gasteiger partial charge < -0.3 is 11.1 Å².